The van der Waals surface area contributed by atoms with Gasteiger partial charge in [-0.05, 0) is 25.2 Å². The van der Waals surface area contributed by atoms with Crippen molar-refractivity contribution in [2.75, 3.05) is 6.61 Å². The van der Waals surface area contributed by atoms with Crippen molar-refractivity contribution in [2.24, 2.45) is 11.7 Å². The highest BCUT2D eigenvalue weighted by atomic mass is 16.5. The number of carbonyl (C=O) groups is 1. The van der Waals surface area contributed by atoms with E-state index in [1.54, 1.807) is 0 Å². The van der Waals surface area contributed by atoms with Crippen LogP contribution >= 0.6 is 0 Å². The fourth-order valence-corrected chi connectivity index (χ4v) is 1.72. The third-order valence-corrected chi connectivity index (χ3v) is 2.35. The predicted molar refractivity (Wildman–Crippen MR) is 46.6 cm³/mol. The minimum Gasteiger partial charge on any atom is -0.466 e. The van der Waals surface area contributed by atoms with Crippen molar-refractivity contribution in [2.45, 2.75) is 38.6 Å². The summed E-state index contributed by atoms with van der Waals surface area (Å²) in [6.07, 6.45) is 4.46. The Kier molecular flexibility index (Phi) is 3.53. The maximum absolute atomic E-state index is 10.5. The van der Waals surface area contributed by atoms with Crippen LogP contribution in [-0.2, 0) is 9.53 Å². The number of rotatable bonds is 2. The second-order valence-corrected chi connectivity index (χ2v) is 3.60. The molecule has 2 atom stereocenters. The van der Waals surface area contributed by atoms with Gasteiger partial charge >= 0.3 is 5.97 Å². The summed E-state index contributed by atoms with van der Waals surface area (Å²) in [6.45, 7) is 2.01. The summed E-state index contributed by atoms with van der Waals surface area (Å²) in [4.78, 5) is 10.5. The molecule has 0 heterocycles. The van der Waals surface area contributed by atoms with Gasteiger partial charge in [0, 0.05) is 13.0 Å². The lowest BCUT2D eigenvalue weighted by molar-refractivity contribution is -0.142. The van der Waals surface area contributed by atoms with Crippen molar-refractivity contribution in [3.05, 3.63) is 0 Å². The summed E-state index contributed by atoms with van der Waals surface area (Å²) in [6, 6.07) is 0.319. The molecule has 1 aliphatic carbocycles. The molecule has 1 fully saturated rings. The molecule has 0 saturated heterocycles. The van der Waals surface area contributed by atoms with E-state index in [-0.39, 0.29) is 5.97 Å². The van der Waals surface area contributed by atoms with Gasteiger partial charge in [-0.25, -0.2) is 0 Å². The number of hydrogen-bond acceptors (Lipinski definition) is 3. The Labute approximate surface area is 73.3 Å². The Balaban J connectivity index is 2.18. The Hall–Kier alpha value is -0.570. The van der Waals surface area contributed by atoms with Crippen molar-refractivity contribution in [1.82, 2.24) is 0 Å². The number of nitrogens with two attached hydrogens (primary N) is 1. The average molecular weight is 171 g/mol. The minimum absolute atomic E-state index is 0.186. The minimum atomic E-state index is -0.186. The summed E-state index contributed by atoms with van der Waals surface area (Å²) < 4.78 is 4.94. The molecule has 1 aliphatic rings. The third-order valence-electron chi connectivity index (χ3n) is 2.35. The van der Waals surface area contributed by atoms with Crippen LogP contribution in [0.4, 0.5) is 0 Å². The third kappa shape index (κ3) is 3.22. The van der Waals surface area contributed by atoms with E-state index in [1.165, 1.54) is 13.3 Å². The van der Waals surface area contributed by atoms with Gasteiger partial charge in [-0.15, -0.1) is 0 Å². The number of ether oxygens (including phenoxy) is 1. The fraction of sp³-hybridized carbons (Fsp3) is 0.889. The monoisotopic (exact) mass is 171 g/mol. The van der Waals surface area contributed by atoms with E-state index in [4.69, 9.17) is 10.5 Å². The van der Waals surface area contributed by atoms with Crippen LogP contribution < -0.4 is 5.73 Å². The van der Waals surface area contributed by atoms with Crippen molar-refractivity contribution < 1.29 is 9.53 Å². The maximum Gasteiger partial charge on any atom is 0.302 e. The first kappa shape index (κ1) is 9.52. The molecule has 2 N–H and O–H groups in total. The van der Waals surface area contributed by atoms with Crippen LogP contribution in [0.15, 0.2) is 0 Å². The van der Waals surface area contributed by atoms with Gasteiger partial charge in [0.25, 0.3) is 0 Å². The van der Waals surface area contributed by atoms with E-state index >= 15 is 0 Å². The van der Waals surface area contributed by atoms with Gasteiger partial charge in [0.05, 0.1) is 6.61 Å². The summed E-state index contributed by atoms with van der Waals surface area (Å²) >= 11 is 0. The highest BCUT2D eigenvalue weighted by Gasteiger charge is 2.19. The topological polar surface area (TPSA) is 52.3 Å². The molecule has 70 valence electrons. The molecule has 0 aliphatic heterocycles. The first-order chi connectivity index (χ1) is 5.68. The van der Waals surface area contributed by atoms with E-state index in [2.05, 4.69) is 0 Å². The molecule has 0 aromatic rings. The van der Waals surface area contributed by atoms with E-state index in [1.807, 2.05) is 0 Å². The van der Waals surface area contributed by atoms with Gasteiger partial charge in [0.2, 0.25) is 0 Å². The van der Waals surface area contributed by atoms with Crippen LogP contribution in [0.2, 0.25) is 0 Å². The standard InChI is InChI=1S/C9H17NO2/c1-7(11)12-6-8-3-2-4-9(10)5-8/h8-9H,2-6,10H2,1H3. The molecule has 0 radical (unpaired) electrons. The average Bonchev–Trinajstić information content (AvgIpc) is 2.01. The Morgan fingerprint density at radius 2 is 2.33 bits per heavy atom. The van der Waals surface area contributed by atoms with Gasteiger partial charge in [-0.1, -0.05) is 6.42 Å². The first-order valence-corrected chi connectivity index (χ1v) is 4.57. The zero-order chi connectivity index (χ0) is 8.97. The molecule has 0 spiro atoms. The van der Waals surface area contributed by atoms with Crippen molar-refractivity contribution >= 4 is 5.97 Å². The Morgan fingerprint density at radius 1 is 1.58 bits per heavy atom. The van der Waals surface area contributed by atoms with E-state index in [9.17, 15) is 4.79 Å². The normalized spacial score (nSPS) is 29.8. The largest absolute Gasteiger partial charge is 0.466 e. The smallest absolute Gasteiger partial charge is 0.302 e. The Morgan fingerprint density at radius 3 is 2.92 bits per heavy atom. The van der Waals surface area contributed by atoms with E-state index in [0.717, 1.165) is 19.3 Å². The highest BCUT2D eigenvalue weighted by molar-refractivity contribution is 5.65. The second kappa shape index (κ2) is 4.45. The molecule has 3 heteroatoms. The number of esters is 1. The molecule has 0 bridgehead atoms. The molecule has 2 unspecified atom stereocenters. The molecular weight excluding hydrogens is 154 g/mol. The van der Waals surface area contributed by atoms with Gasteiger partial charge < -0.3 is 10.5 Å². The van der Waals surface area contributed by atoms with Crippen LogP contribution in [0.1, 0.15) is 32.6 Å². The summed E-state index contributed by atoms with van der Waals surface area (Å²) in [5.74, 6) is 0.312. The molecule has 0 aromatic carbocycles. The number of carbonyl (C=O) groups excluding carboxylic acids is 1. The van der Waals surface area contributed by atoms with Crippen LogP contribution in [0.5, 0.6) is 0 Å². The van der Waals surface area contributed by atoms with Crippen molar-refractivity contribution in [3.8, 4) is 0 Å². The van der Waals surface area contributed by atoms with Crippen LogP contribution in [0.25, 0.3) is 0 Å². The van der Waals surface area contributed by atoms with Gasteiger partial charge in [0.1, 0.15) is 0 Å². The van der Waals surface area contributed by atoms with Gasteiger partial charge in [-0.2, -0.15) is 0 Å². The summed E-state index contributed by atoms with van der Waals surface area (Å²) in [5, 5.41) is 0. The summed E-state index contributed by atoms with van der Waals surface area (Å²) in [5.41, 5.74) is 5.79. The van der Waals surface area contributed by atoms with Gasteiger partial charge in [0.15, 0.2) is 0 Å². The maximum atomic E-state index is 10.5. The fourth-order valence-electron chi connectivity index (χ4n) is 1.72. The molecule has 12 heavy (non-hydrogen) atoms. The Bertz CT molecular complexity index is 159. The molecule has 3 nitrogen and oxygen atoms in total. The van der Waals surface area contributed by atoms with Crippen LogP contribution in [0.3, 0.4) is 0 Å². The lowest BCUT2D eigenvalue weighted by Crippen LogP contribution is -2.30. The highest BCUT2D eigenvalue weighted by Crippen LogP contribution is 2.23. The second-order valence-electron chi connectivity index (χ2n) is 3.60. The van der Waals surface area contributed by atoms with E-state index in [0.29, 0.717) is 18.6 Å². The SMILES string of the molecule is CC(=O)OCC1CCCC(N)C1. The summed E-state index contributed by atoms with van der Waals surface area (Å²) in [7, 11) is 0. The first-order valence-electron chi connectivity index (χ1n) is 4.57. The van der Waals surface area contributed by atoms with Crippen molar-refractivity contribution in [3.63, 3.8) is 0 Å². The van der Waals surface area contributed by atoms with Gasteiger partial charge in [-0.3, -0.25) is 4.79 Å². The lowest BCUT2D eigenvalue weighted by atomic mass is 9.87. The number of hydrogen-bond donors (Lipinski definition) is 1. The lowest BCUT2D eigenvalue weighted by Gasteiger charge is -2.25. The molecule has 1 saturated carbocycles. The zero-order valence-corrected chi connectivity index (χ0v) is 7.58. The molecule has 1 rings (SSSR count). The van der Waals surface area contributed by atoms with Crippen molar-refractivity contribution in [1.29, 1.82) is 0 Å². The quantitative estimate of drug-likeness (QED) is 0.632. The van der Waals surface area contributed by atoms with Crippen LogP contribution in [-0.4, -0.2) is 18.6 Å². The predicted octanol–water partition coefficient (Wildman–Crippen LogP) is 1.07. The zero-order valence-electron chi connectivity index (χ0n) is 7.58. The molecule has 0 amide bonds. The van der Waals surface area contributed by atoms with E-state index < -0.39 is 0 Å². The molecule has 0 aromatic heterocycles. The molecular formula is C9H17NO2. The van der Waals surface area contributed by atoms with Crippen LogP contribution in [0, 0.1) is 5.92 Å².